The Hall–Kier alpha value is -2.12. The second-order valence-electron chi connectivity index (χ2n) is 4.86. The first-order valence-electron chi connectivity index (χ1n) is 6.81. The zero-order chi connectivity index (χ0) is 15.4. The number of aromatic nitrogens is 4. The average Bonchev–Trinajstić information content (AvgIpc) is 3.03. The molecule has 1 N–H and O–H groups in total. The van der Waals surface area contributed by atoms with Gasteiger partial charge in [-0.3, -0.25) is 9.78 Å². The highest BCUT2D eigenvalue weighted by molar-refractivity contribution is 7.71. The van der Waals surface area contributed by atoms with Gasteiger partial charge in [0.05, 0.1) is 0 Å². The minimum absolute atomic E-state index is 0.152. The van der Waals surface area contributed by atoms with Crippen LogP contribution in [0.15, 0.2) is 47.2 Å². The van der Waals surface area contributed by atoms with E-state index in [9.17, 15) is 4.79 Å². The van der Waals surface area contributed by atoms with Gasteiger partial charge in [-0.1, -0.05) is 6.07 Å². The summed E-state index contributed by atoms with van der Waals surface area (Å²) in [5.41, 5.74) is 1.41. The molecule has 3 aromatic heterocycles. The van der Waals surface area contributed by atoms with Crippen LogP contribution in [0.25, 0.3) is 0 Å². The molecule has 0 amide bonds. The predicted octanol–water partition coefficient (Wildman–Crippen LogP) is 2.59. The predicted molar refractivity (Wildman–Crippen MR) is 88.7 cm³/mol. The average molecular weight is 330 g/mol. The number of nitrogens with one attached hydrogen (secondary N) is 1. The summed E-state index contributed by atoms with van der Waals surface area (Å²) >= 11 is 6.97. The van der Waals surface area contributed by atoms with E-state index in [1.165, 1.54) is 11.2 Å². The highest BCUT2D eigenvalue weighted by Gasteiger charge is 2.05. The number of aryl methyl sites for hydroxylation is 2. The van der Waals surface area contributed by atoms with Gasteiger partial charge < -0.3 is 4.57 Å². The lowest BCUT2D eigenvalue weighted by Crippen LogP contribution is -2.19. The zero-order valence-electron chi connectivity index (χ0n) is 11.7. The lowest BCUT2D eigenvalue weighted by molar-refractivity contribution is 0.660. The minimum atomic E-state index is -0.152. The monoisotopic (exact) mass is 330 g/mol. The first kappa shape index (κ1) is 14.8. The number of rotatable bonds is 5. The highest BCUT2D eigenvalue weighted by Crippen LogP contribution is 2.10. The van der Waals surface area contributed by atoms with Crippen LogP contribution in [0, 0.1) is 4.77 Å². The van der Waals surface area contributed by atoms with Gasteiger partial charge in [0.1, 0.15) is 6.33 Å². The zero-order valence-corrected chi connectivity index (χ0v) is 13.4. The number of H-pyrrole nitrogens is 1. The van der Waals surface area contributed by atoms with Crippen molar-refractivity contribution in [3.05, 3.63) is 73.6 Å². The van der Waals surface area contributed by atoms with Gasteiger partial charge in [0.25, 0.3) is 5.56 Å². The molecule has 0 aliphatic carbocycles. The summed E-state index contributed by atoms with van der Waals surface area (Å²) in [5, 5.41) is 2.06. The van der Waals surface area contributed by atoms with Gasteiger partial charge in [-0.25, -0.2) is 9.97 Å². The minimum Gasteiger partial charge on any atom is -0.324 e. The SMILES string of the molecule is O=c1[nH]c(=S)n(CCc2cccs2)cc1Cc1cncnc1. The Bertz CT molecular complexity index is 853. The summed E-state index contributed by atoms with van der Waals surface area (Å²) in [7, 11) is 0. The van der Waals surface area contributed by atoms with Gasteiger partial charge in [0, 0.05) is 42.0 Å². The maximum absolute atomic E-state index is 12.1. The Kier molecular flexibility index (Phi) is 4.55. The summed E-state index contributed by atoms with van der Waals surface area (Å²) in [6.45, 7) is 0.744. The van der Waals surface area contributed by atoms with Gasteiger partial charge in [-0.05, 0) is 35.6 Å². The van der Waals surface area contributed by atoms with Crippen LogP contribution in [-0.4, -0.2) is 19.5 Å². The lowest BCUT2D eigenvalue weighted by atomic mass is 10.1. The van der Waals surface area contributed by atoms with Gasteiger partial charge in [0.2, 0.25) is 0 Å². The molecule has 0 aliphatic heterocycles. The number of hydrogen-bond donors (Lipinski definition) is 1. The van der Waals surface area contributed by atoms with Crippen molar-refractivity contribution in [1.82, 2.24) is 19.5 Å². The van der Waals surface area contributed by atoms with Crippen LogP contribution in [-0.2, 0) is 19.4 Å². The summed E-state index contributed by atoms with van der Waals surface area (Å²) < 4.78 is 2.37. The first-order chi connectivity index (χ1) is 10.7. The third-order valence-corrected chi connectivity index (χ3v) is 4.55. The van der Waals surface area contributed by atoms with Crippen molar-refractivity contribution >= 4 is 23.6 Å². The molecular weight excluding hydrogens is 316 g/mol. The van der Waals surface area contributed by atoms with Crippen molar-refractivity contribution in [3.8, 4) is 0 Å². The lowest BCUT2D eigenvalue weighted by Gasteiger charge is -2.08. The normalized spacial score (nSPS) is 10.7. The largest absolute Gasteiger partial charge is 0.324 e. The molecule has 3 heterocycles. The van der Waals surface area contributed by atoms with Crippen molar-refractivity contribution in [1.29, 1.82) is 0 Å². The van der Waals surface area contributed by atoms with Crippen LogP contribution in [0.3, 0.4) is 0 Å². The molecule has 3 rings (SSSR count). The van der Waals surface area contributed by atoms with E-state index in [1.54, 1.807) is 23.7 Å². The third kappa shape index (κ3) is 3.55. The first-order valence-corrected chi connectivity index (χ1v) is 8.10. The van der Waals surface area contributed by atoms with Gasteiger partial charge >= 0.3 is 0 Å². The Balaban J connectivity index is 1.83. The second kappa shape index (κ2) is 6.76. The van der Waals surface area contributed by atoms with Crippen molar-refractivity contribution < 1.29 is 0 Å². The van der Waals surface area contributed by atoms with Crippen LogP contribution in [0.2, 0.25) is 0 Å². The Morgan fingerprint density at radius 3 is 2.86 bits per heavy atom. The molecule has 0 saturated heterocycles. The van der Waals surface area contributed by atoms with Gasteiger partial charge in [-0.2, -0.15) is 0 Å². The van der Waals surface area contributed by atoms with Crippen LogP contribution in [0.4, 0.5) is 0 Å². The molecule has 0 radical (unpaired) electrons. The van der Waals surface area contributed by atoms with Crippen LogP contribution in [0.1, 0.15) is 16.0 Å². The number of thiophene rings is 1. The molecule has 0 unspecified atom stereocenters. The molecule has 0 aromatic carbocycles. The van der Waals surface area contributed by atoms with E-state index < -0.39 is 0 Å². The van der Waals surface area contributed by atoms with Crippen LogP contribution >= 0.6 is 23.6 Å². The fourth-order valence-electron chi connectivity index (χ4n) is 2.17. The molecule has 0 atom stereocenters. The van der Waals surface area contributed by atoms with E-state index in [2.05, 4.69) is 26.4 Å². The van der Waals surface area contributed by atoms with Crippen LogP contribution in [0.5, 0.6) is 0 Å². The van der Waals surface area contributed by atoms with E-state index in [-0.39, 0.29) is 5.56 Å². The molecular formula is C15H14N4OS2. The van der Waals surface area contributed by atoms with E-state index in [0.29, 0.717) is 16.8 Å². The molecule has 112 valence electrons. The number of aromatic amines is 1. The van der Waals surface area contributed by atoms with Crippen molar-refractivity contribution in [2.24, 2.45) is 0 Å². The topological polar surface area (TPSA) is 63.6 Å². The van der Waals surface area contributed by atoms with E-state index >= 15 is 0 Å². The summed E-state index contributed by atoms with van der Waals surface area (Å²) in [6, 6.07) is 4.13. The van der Waals surface area contributed by atoms with E-state index in [0.717, 1.165) is 18.5 Å². The molecule has 0 saturated carbocycles. The number of nitrogens with zero attached hydrogens (tertiary/aromatic N) is 3. The van der Waals surface area contributed by atoms with Crippen molar-refractivity contribution in [3.63, 3.8) is 0 Å². The summed E-state index contributed by atoms with van der Waals surface area (Å²) in [6.07, 6.45) is 8.12. The molecule has 0 bridgehead atoms. The quantitative estimate of drug-likeness (QED) is 0.730. The highest BCUT2D eigenvalue weighted by atomic mass is 32.1. The summed E-state index contributed by atoms with van der Waals surface area (Å²) in [5.74, 6) is 0. The Morgan fingerprint density at radius 2 is 2.14 bits per heavy atom. The molecule has 22 heavy (non-hydrogen) atoms. The smallest absolute Gasteiger partial charge is 0.255 e. The second-order valence-corrected chi connectivity index (χ2v) is 6.28. The van der Waals surface area contributed by atoms with Gasteiger partial charge in [0.15, 0.2) is 4.77 Å². The molecule has 0 spiro atoms. The van der Waals surface area contributed by atoms with Crippen LogP contribution < -0.4 is 5.56 Å². The molecule has 3 aromatic rings. The fourth-order valence-corrected chi connectivity index (χ4v) is 3.11. The molecule has 7 heteroatoms. The van der Waals surface area contributed by atoms with Crippen molar-refractivity contribution in [2.75, 3.05) is 0 Å². The van der Waals surface area contributed by atoms with E-state index in [1.807, 2.05) is 16.8 Å². The standard InChI is InChI=1S/C15H14N4OS2/c20-14-12(6-11-7-16-10-17-8-11)9-19(15(21)18-14)4-3-13-2-1-5-22-13/h1-2,5,7-10H,3-4,6H2,(H,18,20,21). The Morgan fingerprint density at radius 1 is 1.32 bits per heavy atom. The molecule has 0 aliphatic rings. The number of hydrogen-bond acceptors (Lipinski definition) is 5. The Labute approximate surface area is 136 Å². The summed E-state index contributed by atoms with van der Waals surface area (Å²) in [4.78, 5) is 24.0. The molecule has 0 fully saturated rings. The van der Waals surface area contributed by atoms with E-state index in [4.69, 9.17) is 12.2 Å². The maximum atomic E-state index is 12.1. The third-order valence-electron chi connectivity index (χ3n) is 3.27. The molecule has 5 nitrogen and oxygen atoms in total. The van der Waals surface area contributed by atoms with Gasteiger partial charge in [-0.15, -0.1) is 11.3 Å². The maximum Gasteiger partial charge on any atom is 0.255 e. The fraction of sp³-hybridized carbons (Fsp3) is 0.200. The van der Waals surface area contributed by atoms with Crippen molar-refractivity contribution in [2.45, 2.75) is 19.4 Å².